The predicted octanol–water partition coefficient (Wildman–Crippen LogP) is 6.44. The Labute approximate surface area is 165 Å². The monoisotopic (exact) mass is 402 g/mol. The molecular formula is C20H29F3N2OS. The Morgan fingerprint density at radius 2 is 1.52 bits per heavy atom. The Balaban J connectivity index is 2.23. The maximum absolute atomic E-state index is 12.9. The summed E-state index contributed by atoms with van der Waals surface area (Å²) in [6, 6.07) is 5.03. The third-order valence-electron chi connectivity index (χ3n) is 4.24. The van der Waals surface area contributed by atoms with Crippen molar-refractivity contribution >= 4 is 28.9 Å². The largest absolute Gasteiger partial charge is 0.418 e. The van der Waals surface area contributed by atoms with E-state index in [1.54, 1.807) is 0 Å². The van der Waals surface area contributed by atoms with Gasteiger partial charge in [0.15, 0.2) is 5.11 Å². The molecule has 1 rings (SSSR count). The molecule has 7 heteroatoms. The molecule has 3 nitrogen and oxygen atoms in total. The molecule has 0 saturated heterocycles. The number of hydrogen-bond donors (Lipinski definition) is 2. The lowest BCUT2D eigenvalue weighted by atomic mass is 10.1. The van der Waals surface area contributed by atoms with Gasteiger partial charge in [-0.15, -0.1) is 0 Å². The van der Waals surface area contributed by atoms with Crippen LogP contribution in [0.1, 0.15) is 76.7 Å². The number of benzene rings is 1. The zero-order valence-electron chi connectivity index (χ0n) is 15.8. The number of rotatable bonds is 11. The van der Waals surface area contributed by atoms with Crippen molar-refractivity contribution < 1.29 is 18.0 Å². The van der Waals surface area contributed by atoms with Crippen molar-refractivity contribution in [2.24, 2.45) is 0 Å². The maximum atomic E-state index is 12.9. The molecule has 0 aliphatic rings. The van der Waals surface area contributed by atoms with Crippen LogP contribution < -0.4 is 10.6 Å². The zero-order chi connectivity index (χ0) is 20.1. The smallest absolute Gasteiger partial charge is 0.332 e. The van der Waals surface area contributed by atoms with Crippen LogP contribution in [0.3, 0.4) is 0 Å². The molecule has 152 valence electrons. The lowest BCUT2D eigenvalue weighted by Crippen LogP contribution is -2.34. The summed E-state index contributed by atoms with van der Waals surface area (Å²) in [5, 5.41) is 4.79. The number of carbonyl (C=O) groups excluding carboxylic acids is 1. The Morgan fingerprint density at radius 3 is 2.11 bits per heavy atom. The molecule has 0 radical (unpaired) electrons. The van der Waals surface area contributed by atoms with Crippen LogP contribution in [0.5, 0.6) is 0 Å². The van der Waals surface area contributed by atoms with Crippen LogP contribution in [0.4, 0.5) is 18.9 Å². The topological polar surface area (TPSA) is 41.1 Å². The SMILES string of the molecule is CCCCCCCCCCCC(=O)NC(=S)Nc1ccccc1C(F)(F)F. The fourth-order valence-corrected chi connectivity index (χ4v) is 3.00. The molecule has 27 heavy (non-hydrogen) atoms. The fraction of sp³-hybridized carbons (Fsp3) is 0.600. The summed E-state index contributed by atoms with van der Waals surface area (Å²) in [5.41, 5.74) is -0.987. The Bertz CT molecular complexity index is 591. The van der Waals surface area contributed by atoms with Crippen molar-refractivity contribution in [3.8, 4) is 0 Å². The standard InChI is InChI=1S/C20H29F3N2OS/c1-2-3-4-5-6-7-8-9-10-15-18(26)25-19(27)24-17-14-12-11-13-16(17)20(21,22)23/h11-14H,2-10,15H2,1H3,(H2,24,25,26,27). The van der Waals surface area contributed by atoms with E-state index in [1.807, 2.05) is 0 Å². The van der Waals surface area contributed by atoms with E-state index >= 15 is 0 Å². The molecule has 0 heterocycles. The molecule has 0 unspecified atom stereocenters. The van der Waals surface area contributed by atoms with E-state index in [4.69, 9.17) is 12.2 Å². The van der Waals surface area contributed by atoms with Gasteiger partial charge in [0.05, 0.1) is 11.3 Å². The van der Waals surface area contributed by atoms with Crippen LogP contribution in [0.15, 0.2) is 24.3 Å². The average Bonchev–Trinajstić information content (AvgIpc) is 2.59. The molecule has 0 spiro atoms. The minimum absolute atomic E-state index is 0.118. The van der Waals surface area contributed by atoms with Crippen molar-refractivity contribution in [3.63, 3.8) is 0 Å². The molecule has 0 saturated carbocycles. The van der Waals surface area contributed by atoms with Crippen LogP contribution >= 0.6 is 12.2 Å². The number of nitrogens with one attached hydrogen (secondary N) is 2. The Hall–Kier alpha value is -1.63. The number of anilines is 1. The highest BCUT2D eigenvalue weighted by molar-refractivity contribution is 7.80. The van der Waals surface area contributed by atoms with Gasteiger partial charge in [-0.05, 0) is 30.8 Å². The van der Waals surface area contributed by atoms with Gasteiger partial charge in [0.2, 0.25) is 5.91 Å². The molecule has 1 aromatic rings. The number of unbranched alkanes of at least 4 members (excludes halogenated alkanes) is 8. The second-order valence-electron chi connectivity index (χ2n) is 6.62. The highest BCUT2D eigenvalue weighted by atomic mass is 32.1. The highest BCUT2D eigenvalue weighted by Crippen LogP contribution is 2.34. The van der Waals surface area contributed by atoms with Gasteiger partial charge in [0, 0.05) is 6.42 Å². The zero-order valence-corrected chi connectivity index (χ0v) is 16.6. The number of halogens is 3. The molecule has 0 aromatic heterocycles. The molecule has 1 amide bonds. The third-order valence-corrected chi connectivity index (χ3v) is 4.45. The number of thiocarbonyl (C=S) groups is 1. The van der Waals surface area contributed by atoms with E-state index in [0.29, 0.717) is 6.42 Å². The molecule has 0 fully saturated rings. The van der Waals surface area contributed by atoms with E-state index in [1.165, 1.54) is 56.7 Å². The predicted molar refractivity (Wildman–Crippen MR) is 108 cm³/mol. The molecule has 0 aliphatic heterocycles. The maximum Gasteiger partial charge on any atom is 0.418 e. The summed E-state index contributed by atoms with van der Waals surface area (Å²) in [6.07, 6.45) is 6.17. The van der Waals surface area contributed by atoms with E-state index in [2.05, 4.69) is 17.6 Å². The second kappa shape index (κ2) is 12.7. The van der Waals surface area contributed by atoms with E-state index in [0.717, 1.165) is 25.3 Å². The number of alkyl halides is 3. The summed E-state index contributed by atoms with van der Waals surface area (Å²) >= 11 is 4.96. The van der Waals surface area contributed by atoms with Gasteiger partial charge >= 0.3 is 6.18 Å². The van der Waals surface area contributed by atoms with Crippen molar-refractivity contribution in [2.45, 2.75) is 77.3 Å². The fourth-order valence-electron chi connectivity index (χ4n) is 2.78. The van der Waals surface area contributed by atoms with Gasteiger partial charge in [-0.25, -0.2) is 0 Å². The highest BCUT2D eigenvalue weighted by Gasteiger charge is 2.33. The summed E-state index contributed by atoms with van der Waals surface area (Å²) in [5.74, 6) is -0.278. The van der Waals surface area contributed by atoms with Crippen LogP contribution in [0.25, 0.3) is 0 Å². The molecule has 0 atom stereocenters. The Morgan fingerprint density at radius 1 is 0.963 bits per heavy atom. The van der Waals surface area contributed by atoms with Gasteiger partial charge in [-0.2, -0.15) is 13.2 Å². The first kappa shape index (κ1) is 23.4. The Kier molecular flexibility index (Phi) is 11.0. The minimum Gasteiger partial charge on any atom is -0.332 e. The molecule has 2 N–H and O–H groups in total. The molecule has 0 bridgehead atoms. The normalized spacial score (nSPS) is 11.3. The van der Waals surface area contributed by atoms with Crippen LogP contribution in [-0.2, 0) is 11.0 Å². The number of para-hydroxylation sites is 1. The van der Waals surface area contributed by atoms with Gasteiger partial charge in [-0.1, -0.05) is 70.4 Å². The lowest BCUT2D eigenvalue weighted by Gasteiger charge is -2.15. The van der Waals surface area contributed by atoms with Gasteiger partial charge in [0.1, 0.15) is 0 Å². The summed E-state index contributed by atoms with van der Waals surface area (Å²) in [6.45, 7) is 2.20. The first-order chi connectivity index (χ1) is 12.8. The van der Waals surface area contributed by atoms with Crippen LogP contribution in [0.2, 0.25) is 0 Å². The third kappa shape index (κ3) is 10.3. The van der Waals surface area contributed by atoms with E-state index < -0.39 is 11.7 Å². The summed E-state index contributed by atoms with van der Waals surface area (Å²) in [7, 11) is 0. The van der Waals surface area contributed by atoms with Crippen molar-refractivity contribution in [1.82, 2.24) is 5.32 Å². The number of amides is 1. The number of carbonyl (C=O) groups is 1. The lowest BCUT2D eigenvalue weighted by molar-refractivity contribution is -0.136. The minimum atomic E-state index is -4.49. The summed E-state index contributed by atoms with van der Waals surface area (Å²) in [4.78, 5) is 11.9. The van der Waals surface area contributed by atoms with Crippen molar-refractivity contribution in [2.75, 3.05) is 5.32 Å². The van der Waals surface area contributed by atoms with E-state index in [9.17, 15) is 18.0 Å². The summed E-state index contributed by atoms with van der Waals surface area (Å²) < 4.78 is 38.8. The molecule has 0 aliphatic carbocycles. The molecule has 1 aromatic carbocycles. The van der Waals surface area contributed by atoms with E-state index in [-0.39, 0.29) is 16.7 Å². The quantitative estimate of drug-likeness (QED) is 0.331. The van der Waals surface area contributed by atoms with Crippen LogP contribution in [-0.4, -0.2) is 11.0 Å². The first-order valence-electron chi connectivity index (χ1n) is 9.61. The van der Waals surface area contributed by atoms with Crippen molar-refractivity contribution in [3.05, 3.63) is 29.8 Å². The van der Waals surface area contributed by atoms with Gasteiger partial charge in [-0.3, -0.25) is 4.79 Å². The van der Waals surface area contributed by atoms with Crippen molar-refractivity contribution in [1.29, 1.82) is 0 Å². The van der Waals surface area contributed by atoms with Crippen LogP contribution in [0, 0.1) is 0 Å². The van der Waals surface area contributed by atoms with Gasteiger partial charge < -0.3 is 10.6 Å². The second-order valence-corrected chi connectivity index (χ2v) is 7.03. The number of hydrogen-bond acceptors (Lipinski definition) is 2. The average molecular weight is 403 g/mol. The van der Waals surface area contributed by atoms with Gasteiger partial charge in [0.25, 0.3) is 0 Å². The first-order valence-corrected chi connectivity index (χ1v) is 10.0. The molecular weight excluding hydrogens is 373 g/mol.